The van der Waals surface area contributed by atoms with E-state index in [1.54, 1.807) is 6.33 Å². The Balaban J connectivity index is 1.31. The van der Waals surface area contributed by atoms with Crippen molar-refractivity contribution in [2.24, 2.45) is 5.92 Å². The molecule has 6 heteroatoms. The Morgan fingerprint density at radius 1 is 1.04 bits per heavy atom. The molecule has 0 amide bonds. The fourth-order valence-electron chi connectivity index (χ4n) is 4.02. The highest BCUT2D eigenvalue weighted by molar-refractivity contribution is 5.86. The number of aliphatic hydroxyl groups is 1. The number of hydrogen-bond acceptors (Lipinski definition) is 6. The molecule has 5 rings (SSSR count). The van der Waals surface area contributed by atoms with Crippen LogP contribution in [0.5, 0.6) is 5.88 Å². The lowest BCUT2D eigenvalue weighted by Gasteiger charge is -2.46. The van der Waals surface area contributed by atoms with E-state index >= 15 is 0 Å². The first-order chi connectivity index (χ1) is 12.8. The van der Waals surface area contributed by atoms with Crippen LogP contribution in [0.4, 0.5) is 5.69 Å². The Labute approximate surface area is 153 Å². The minimum absolute atomic E-state index is 0.120. The molecule has 0 radical (unpaired) electrons. The van der Waals surface area contributed by atoms with Crippen LogP contribution in [0.25, 0.3) is 10.9 Å². The molecule has 2 heterocycles. The fourth-order valence-corrected chi connectivity index (χ4v) is 4.02. The lowest BCUT2D eigenvalue weighted by molar-refractivity contribution is -0.0229. The molecule has 26 heavy (non-hydrogen) atoms. The van der Waals surface area contributed by atoms with Gasteiger partial charge in [-0.1, -0.05) is 0 Å². The van der Waals surface area contributed by atoms with Crippen molar-refractivity contribution in [3.8, 4) is 5.88 Å². The first kappa shape index (κ1) is 16.3. The zero-order valence-corrected chi connectivity index (χ0v) is 15.0. The smallest absolute Gasteiger partial charge is 0.224 e. The largest absolute Gasteiger partial charge is 0.477 e. The second kappa shape index (κ2) is 6.67. The summed E-state index contributed by atoms with van der Waals surface area (Å²) in [6.07, 6.45) is 6.11. The van der Waals surface area contributed by atoms with Gasteiger partial charge in [0, 0.05) is 37.9 Å². The molecular weight excluding hydrogens is 328 g/mol. The van der Waals surface area contributed by atoms with Gasteiger partial charge in [-0.15, -0.1) is 0 Å². The van der Waals surface area contributed by atoms with E-state index in [9.17, 15) is 5.11 Å². The Morgan fingerprint density at radius 2 is 1.88 bits per heavy atom. The highest BCUT2D eigenvalue weighted by atomic mass is 16.5. The molecular formula is C20H26N4O2. The molecule has 3 aliphatic rings. The van der Waals surface area contributed by atoms with Crippen LogP contribution in [0.15, 0.2) is 24.5 Å². The summed E-state index contributed by atoms with van der Waals surface area (Å²) in [5, 5.41) is 10.9. The van der Waals surface area contributed by atoms with Gasteiger partial charge in [0.2, 0.25) is 5.88 Å². The van der Waals surface area contributed by atoms with Gasteiger partial charge in [-0.3, -0.25) is 4.90 Å². The molecule has 3 fully saturated rings. The van der Waals surface area contributed by atoms with Crippen molar-refractivity contribution in [1.82, 2.24) is 14.9 Å². The van der Waals surface area contributed by atoms with Crippen molar-refractivity contribution in [1.29, 1.82) is 0 Å². The highest BCUT2D eigenvalue weighted by Crippen LogP contribution is 2.32. The van der Waals surface area contributed by atoms with Crippen LogP contribution in [0.3, 0.4) is 0 Å². The van der Waals surface area contributed by atoms with Gasteiger partial charge in [0.05, 0.1) is 23.6 Å². The molecule has 2 atom stereocenters. The molecule has 2 aliphatic carbocycles. The summed E-state index contributed by atoms with van der Waals surface area (Å²) in [6.45, 7) is 4.76. The molecule has 2 aromatic rings. The zero-order chi connectivity index (χ0) is 17.5. The van der Waals surface area contributed by atoms with Gasteiger partial charge in [0.1, 0.15) is 6.33 Å². The second-order valence-electron chi connectivity index (χ2n) is 7.87. The number of benzene rings is 1. The molecule has 1 aromatic carbocycles. The van der Waals surface area contributed by atoms with Crippen LogP contribution in [0.1, 0.15) is 25.7 Å². The molecule has 2 unspecified atom stereocenters. The van der Waals surface area contributed by atoms with Crippen LogP contribution < -0.4 is 9.64 Å². The molecule has 0 spiro atoms. The van der Waals surface area contributed by atoms with E-state index in [1.165, 1.54) is 18.5 Å². The van der Waals surface area contributed by atoms with E-state index in [2.05, 4.69) is 38.0 Å². The summed E-state index contributed by atoms with van der Waals surface area (Å²) in [4.78, 5) is 13.6. The van der Waals surface area contributed by atoms with Crippen molar-refractivity contribution in [3.05, 3.63) is 24.5 Å². The van der Waals surface area contributed by atoms with Crippen molar-refractivity contribution in [2.75, 3.05) is 37.7 Å². The summed E-state index contributed by atoms with van der Waals surface area (Å²) in [7, 11) is 0. The third-order valence-corrected chi connectivity index (χ3v) is 6.09. The molecule has 6 nitrogen and oxygen atoms in total. The van der Waals surface area contributed by atoms with Crippen LogP contribution in [0.2, 0.25) is 0 Å². The Kier molecular flexibility index (Phi) is 4.17. The number of aliphatic hydroxyl groups excluding tert-OH is 1. The van der Waals surface area contributed by atoms with Gasteiger partial charge in [0.25, 0.3) is 0 Å². The first-order valence-electron chi connectivity index (χ1n) is 9.82. The Bertz CT molecular complexity index is 786. The van der Waals surface area contributed by atoms with E-state index in [-0.39, 0.29) is 6.10 Å². The van der Waals surface area contributed by atoms with Gasteiger partial charge in [0.15, 0.2) is 0 Å². The maximum absolute atomic E-state index is 9.90. The lowest BCUT2D eigenvalue weighted by atomic mass is 9.87. The predicted molar refractivity (Wildman–Crippen MR) is 101 cm³/mol. The van der Waals surface area contributed by atoms with Gasteiger partial charge in [-0.05, 0) is 49.8 Å². The van der Waals surface area contributed by atoms with Gasteiger partial charge in [-0.25, -0.2) is 9.97 Å². The molecule has 0 bridgehead atoms. The first-order valence-corrected chi connectivity index (χ1v) is 9.82. The van der Waals surface area contributed by atoms with Crippen molar-refractivity contribution in [2.45, 2.75) is 37.8 Å². The number of aromatic nitrogens is 2. The minimum Gasteiger partial charge on any atom is -0.477 e. The topological polar surface area (TPSA) is 61.7 Å². The predicted octanol–water partition coefficient (Wildman–Crippen LogP) is 2.06. The number of rotatable bonds is 5. The summed E-state index contributed by atoms with van der Waals surface area (Å²) in [5.74, 6) is 1.41. The quantitative estimate of drug-likeness (QED) is 0.887. The third-order valence-electron chi connectivity index (χ3n) is 6.09. The molecule has 1 saturated heterocycles. The Hall–Kier alpha value is -1.92. The number of nitrogens with zero attached hydrogens (tertiary/aromatic N) is 4. The molecule has 1 aliphatic heterocycles. The van der Waals surface area contributed by atoms with Crippen LogP contribution >= 0.6 is 0 Å². The Morgan fingerprint density at radius 3 is 2.58 bits per heavy atom. The third kappa shape index (κ3) is 3.12. The number of anilines is 1. The maximum atomic E-state index is 9.90. The van der Waals surface area contributed by atoms with Gasteiger partial charge >= 0.3 is 0 Å². The van der Waals surface area contributed by atoms with E-state index < -0.39 is 0 Å². The normalized spacial score (nSPS) is 26.7. The zero-order valence-electron chi connectivity index (χ0n) is 15.0. The number of ether oxygens (including phenoxy) is 1. The number of hydrogen-bond donors (Lipinski definition) is 1. The van der Waals surface area contributed by atoms with Crippen molar-refractivity contribution in [3.63, 3.8) is 0 Å². The van der Waals surface area contributed by atoms with Crippen LogP contribution in [-0.2, 0) is 0 Å². The summed E-state index contributed by atoms with van der Waals surface area (Å²) in [5.41, 5.74) is 2.14. The average molecular weight is 354 g/mol. The lowest BCUT2D eigenvalue weighted by Crippen LogP contribution is -2.57. The van der Waals surface area contributed by atoms with Crippen LogP contribution in [-0.4, -0.2) is 64.9 Å². The summed E-state index contributed by atoms with van der Waals surface area (Å²) in [6, 6.07) is 6.77. The minimum atomic E-state index is -0.120. The molecule has 1 N–H and O–H groups in total. The average Bonchev–Trinajstić information content (AvgIpc) is 3.50. The highest BCUT2D eigenvalue weighted by Gasteiger charge is 2.35. The number of fused-ring (bicyclic) bond motifs is 1. The monoisotopic (exact) mass is 354 g/mol. The number of piperazine rings is 1. The van der Waals surface area contributed by atoms with E-state index in [0.717, 1.165) is 56.5 Å². The van der Waals surface area contributed by atoms with Gasteiger partial charge < -0.3 is 14.7 Å². The second-order valence-corrected chi connectivity index (χ2v) is 7.87. The van der Waals surface area contributed by atoms with Crippen molar-refractivity contribution >= 4 is 16.6 Å². The van der Waals surface area contributed by atoms with E-state index in [4.69, 9.17) is 4.74 Å². The van der Waals surface area contributed by atoms with Crippen LogP contribution in [0, 0.1) is 5.92 Å². The molecule has 2 saturated carbocycles. The van der Waals surface area contributed by atoms with E-state index in [0.29, 0.717) is 17.8 Å². The van der Waals surface area contributed by atoms with E-state index in [1.807, 2.05) is 0 Å². The van der Waals surface area contributed by atoms with Gasteiger partial charge in [-0.2, -0.15) is 0 Å². The summed E-state index contributed by atoms with van der Waals surface area (Å²) >= 11 is 0. The van der Waals surface area contributed by atoms with Crippen molar-refractivity contribution < 1.29 is 9.84 Å². The standard InChI is InChI=1S/C20H26N4O2/c25-19-6-5-18(19)24-9-7-23(8-10-24)15-3-4-17-16(11-15)20(22-13-21-17)26-12-14-1-2-14/h3-4,11,13-14,18-19,25H,1-2,5-10,12H2. The maximum Gasteiger partial charge on any atom is 0.224 e. The molecule has 138 valence electrons. The SMILES string of the molecule is OC1CCC1N1CCN(c2ccc3ncnc(OCC4CC4)c3c2)CC1. The fraction of sp³-hybridized carbons (Fsp3) is 0.600. The summed E-state index contributed by atoms with van der Waals surface area (Å²) < 4.78 is 5.96. The molecule has 1 aromatic heterocycles.